The number of unbranched alkanes of at least 4 members (excludes halogenated alkanes) is 24. The zero-order chi connectivity index (χ0) is 40.7. The summed E-state index contributed by atoms with van der Waals surface area (Å²) in [7, 11) is 1.57. The molecule has 8 nitrogen and oxygen atoms in total. The molecular weight excluding hydrogens is 707 g/mol. The number of nitrogens with one attached hydrogen (secondary N) is 1. The number of carbonyl (C=O) groups excluding carboxylic acids is 1. The smallest absolute Gasteiger partial charge is 0.387 e. The Morgan fingerprint density at radius 3 is 1.53 bits per heavy atom. The lowest BCUT2D eigenvalue weighted by Crippen LogP contribution is -2.45. The Bertz CT molecular complexity index is 995. The van der Waals surface area contributed by atoms with E-state index in [1.165, 1.54) is 135 Å². The molecule has 3 unspecified atom stereocenters. The molecule has 9 heteroatoms. The third-order valence-corrected chi connectivity index (χ3v) is 11.1. The van der Waals surface area contributed by atoms with E-state index >= 15 is 0 Å². The molecule has 324 valence electrons. The third-order valence-electron chi connectivity index (χ3n) is 10.1. The van der Waals surface area contributed by atoms with Gasteiger partial charge in [0.1, 0.15) is 13.2 Å². The van der Waals surface area contributed by atoms with Gasteiger partial charge in [-0.15, -0.1) is 0 Å². The molecule has 0 spiro atoms. The Labute approximate surface area is 340 Å². The van der Waals surface area contributed by atoms with Gasteiger partial charge in [-0.1, -0.05) is 179 Å². The van der Waals surface area contributed by atoms with Gasteiger partial charge >= 0.3 is 7.82 Å². The summed E-state index contributed by atoms with van der Waals surface area (Å²) < 4.78 is 23.6. The van der Waals surface area contributed by atoms with Crippen molar-refractivity contribution >= 4 is 13.7 Å². The highest BCUT2D eigenvalue weighted by Crippen LogP contribution is 2.43. The number of carbonyl (C=O) groups is 1. The van der Waals surface area contributed by atoms with Crippen LogP contribution >= 0.6 is 7.82 Å². The van der Waals surface area contributed by atoms with Crippen LogP contribution in [-0.2, 0) is 18.4 Å². The van der Waals surface area contributed by atoms with Crippen LogP contribution in [0.4, 0.5) is 0 Å². The molecule has 0 aromatic rings. The van der Waals surface area contributed by atoms with Gasteiger partial charge in [-0.25, -0.2) is 4.57 Å². The molecule has 0 rings (SSSR count). The van der Waals surface area contributed by atoms with E-state index in [1.54, 1.807) is 6.08 Å². The van der Waals surface area contributed by atoms with E-state index < -0.39 is 20.0 Å². The van der Waals surface area contributed by atoms with Crippen LogP contribution in [0.3, 0.4) is 0 Å². The van der Waals surface area contributed by atoms with Crippen molar-refractivity contribution in [1.82, 2.24) is 5.32 Å². The van der Waals surface area contributed by atoms with Crippen molar-refractivity contribution in [3.63, 3.8) is 0 Å². The van der Waals surface area contributed by atoms with Crippen molar-refractivity contribution in [2.45, 2.75) is 212 Å². The van der Waals surface area contributed by atoms with Crippen LogP contribution < -0.4 is 5.32 Å². The van der Waals surface area contributed by atoms with Crippen LogP contribution in [0, 0.1) is 0 Å². The van der Waals surface area contributed by atoms with Gasteiger partial charge in [0.15, 0.2) is 0 Å². The van der Waals surface area contributed by atoms with Crippen molar-refractivity contribution < 1.29 is 32.9 Å². The molecule has 0 saturated carbocycles. The first-order valence-corrected chi connectivity index (χ1v) is 24.4. The number of amides is 1. The topological polar surface area (TPSA) is 105 Å². The summed E-state index contributed by atoms with van der Waals surface area (Å²) in [6, 6.07) is -0.846. The van der Waals surface area contributed by atoms with E-state index in [0.29, 0.717) is 17.4 Å². The van der Waals surface area contributed by atoms with Crippen LogP contribution in [0.5, 0.6) is 0 Å². The summed E-state index contributed by atoms with van der Waals surface area (Å²) in [5.41, 5.74) is 0. The van der Waals surface area contributed by atoms with Crippen molar-refractivity contribution in [3.05, 3.63) is 36.5 Å². The molecule has 0 aliphatic heterocycles. The Balaban J connectivity index is 4.39. The lowest BCUT2D eigenvalue weighted by molar-refractivity contribution is -0.870. The van der Waals surface area contributed by atoms with Gasteiger partial charge in [-0.2, -0.15) is 0 Å². The van der Waals surface area contributed by atoms with Gasteiger partial charge < -0.3 is 19.8 Å². The minimum Gasteiger partial charge on any atom is -0.387 e. The molecule has 0 aliphatic carbocycles. The highest BCUT2D eigenvalue weighted by atomic mass is 31.2. The predicted octanol–water partition coefficient (Wildman–Crippen LogP) is 12.7. The van der Waals surface area contributed by atoms with E-state index in [9.17, 15) is 19.4 Å². The number of quaternary nitrogens is 1. The largest absolute Gasteiger partial charge is 0.472 e. The fourth-order valence-electron chi connectivity index (χ4n) is 6.42. The minimum absolute atomic E-state index is 0.0605. The van der Waals surface area contributed by atoms with Gasteiger partial charge in [-0.3, -0.25) is 13.8 Å². The molecule has 0 heterocycles. The first-order valence-electron chi connectivity index (χ1n) is 22.9. The van der Waals surface area contributed by atoms with Gasteiger partial charge in [0.25, 0.3) is 0 Å². The number of hydrogen-bond donors (Lipinski definition) is 3. The van der Waals surface area contributed by atoms with Gasteiger partial charge in [0.05, 0.1) is 39.9 Å². The molecular formula is C46H90N2O6P+. The number of likely N-dealkylation sites (N-methyl/N-ethyl adjacent to an activating group) is 1. The molecule has 3 atom stereocenters. The maximum absolute atomic E-state index is 12.9. The molecule has 55 heavy (non-hydrogen) atoms. The van der Waals surface area contributed by atoms with Crippen LogP contribution in [-0.4, -0.2) is 73.4 Å². The van der Waals surface area contributed by atoms with E-state index in [-0.39, 0.29) is 19.1 Å². The molecule has 0 radical (unpaired) electrons. The number of aliphatic hydroxyl groups is 1. The fourth-order valence-corrected chi connectivity index (χ4v) is 7.16. The molecule has 1 amide bonds. The number of allylic oxidation sites excluding steroid dienone is 5. The number of hydrogen-bond acceptors (Lipinski definition) is 5. The summed E-state index contributed by atoms with van der Waals surface area (Å²) in [6.45, 7) is 4.78. The quantitative estimate of drug-likeness (QED) is 0.0246. The third kappa shape index (κ3) is 40.7. The minimum atomic E-state index is -4.34. The Morgan fingerprint density at radius 1 is 0.618 bits per heavy atom. The van der Waals surface area contributed by atoms with E-state index in [4.69, 9.17) is 9.05 Å². The second kappa shape index (κ2) is 38.2. The molecule has 3 N–H and O–H groups in total. The second-order valence-electron chi connectivity index (χ2n) is 16.8. The number of phosphoric acid groups is 1. The van der Waals surface area contributed by atoms with Crippen LogP contribution in [0.15, 0.2) is 36.5 Å². The van der Waals surface area contributed by atoms with E-state index in [2.05, 4.69) is 43.5 Å². The van der Waals surface area contributed by atoms with Crippen molar-refractivity contribution in [1.29, 1.82) is 0 Å². The highest BCUT2D eigenvalue weighted by molar-refractivity contribution is 7.47. The van der Waals surface area contributed by atoms with Gasteiger partial charge in [0, 0.05) is 6.42 Å². The van der Waals surface area contributed by atoms with Crippen LogP contribution in [0.1, 0.15) is 200 Å². The van der Waals surface area contributed by atoms with Crippen molar-refractivity contribution in [3.8, 4) is 0 Å². The lowest BCUT2D eigenvalue weighted by Gasteiger charge is -2.25. The van der Waals surface area contributed by atoms with E-state index in [0.717, 1.165) is 44.9 Å². The maximum Gasteiger partial charge on any atom is 0.472 e. The first kappa shape index (κ1) is 53.7. The predicted molar refractivity (Wildman–Crippen MR) is 235 cm³/mol. The number of aliphatic hydroxyl groups excluding tert-OH is 1. The lowest BCUT2D eigenvalue weighted by atomic mass is 10.0. The zero-order valence-electron chi connectivity index (χ0n) is 36.7. The number of phosphoric ester groups is 1. The molecule has 0 saturated heterocycles. The van der Waals surface area contributed by atoms with Gasteiger partial charge in [-0.05, 0) is 51.4 Å². The van der Waals surface area contributed by atoms with Crippen LogP contribution in [0.2, 0.25) is 0 Å². The van der Waals surface area contributed by atoms with Gasteiger partial charge in [0.2, 0.25) is 5.91 Å². The summed E-state index contributed by atoms with van der Waals surface area (Å²) in [4.78, 5) is 23.1. The Hall–Kier alpha value is -1.28. The molecule has 0 bridgehead atoms. The standard InChI is InChI=1S/C46H89N2O6P/c1-6-8-10-12-14-16-18-20-22-23-24-25-26-28-30-32-34-36-38-40-46(50)47-44(43-54-55(51,52)53-42-41-48(3,4)5)45(49)39-37-35-33-31-29-27-21-19-17-15-13-11-9-7-2/h14,16,20,22,37,39,44-45,49H,6-13,15,17-19,21,23-36,38,40-43H2,1-5H3,(H-,47,50,51,52)/p+1/b16-14-,22-20-,39-37+. The summed E-state index contributed by atoms with van der Waals surface area (Å²) >= 11 is 0. The summed E-state index contributed by atoms with van der Waals surface area (Å²) in [5, 5.41) is 13.8. The van der Waals surface area contributed by atoms with E-state index in [1.807, 2.05) is 27.2 Å². The average molecular weight is 798 g/mol. The summed E-state index contributed by atoms with van der Waals surface area (Å²) in [5.74, 6) is -0.183. The molecule has 0 aromatic heterocycles. The molecule has 0 aromatic carbocycles. The normalized spacial score (nSPS) is 14.7. The molecule has 0 fully saturated rings. The maximum atomic E-state index is 12.9. The second-order valence-corrected chi connectivity index (χ2v) is 18.2. The Kier molecular flexibility index (Phi) is 37.4. The van der Waals surface area contributed by atoms with Crippen molar-refractivity contribution in [2.24, 2.45) is 0 Å². The first-order chi connectivity index (χ1) is 26.5. The Morgan fingerprint density at radius 2 is 1.04 bits per heavy atom. The summed E-state index contributed by atoms with van der Waals surface area (Å²) in [6.07, 6.45) is 46.3. The number of nitrogens with zero attached hydrogens (tertiary/aromatic N) is 1. The van der Waals surface area contributed by atoms with Crippen LogP contribution in [0.25, 0.3) is 0 Å². The average Bonchev–Trinajstić information content (AvgIpc) is 3.13. The fraction of sp³-hybridized carbons (Fsp3) is 0.848. The molecule has 0 aliphatic rings. The monoisotopic (exact) mass is 798 g/mol. The van der Waals surface area contributed by atoms with Crippen molar-refractivity contribution in [2.75, 3.05) is 40.9 Å². The zero-order valence-corrected chi connectivity index (χ0v) is 37.6. The highest BCUT2D eigenvalue weighted by Gasteiger charge is 2.27. The SMILES string of the molecule is CCCCC/C=C\C/C=C\CCCCCCCCCCCC(=O)NC(COP(=O)(O)OCC[N+](C)(C)C)C(O)/C=C/CCCCCCCCCCCCCC. The number of rotatable bonds is 41.